The molecule has 0 aromatic heterocycles. The van der Waals surface area contributed by atoms with Crippen molar-refractivity contribution in [3.63, 3.8) is 0 Å². The molecule has 0 radical (unpaired) electrons. The van der Waals surface area contributed by atoms with Gasteiger partial charge in [0.1, 0.15) is 11.5 Å². The summed E-state index contributed by atoms with van der Waals surface area (Å²) in [5.74, 6) is 3.22. The molecule has 1 heterocycles. The molecule has 1 saturated heterocycles. The zero-order valence-corrected chi connectivity index (χ0v) is 21.0. The number of ether oxygens (including phenoxy) is 2. The predicted molar refractivity (Wildman–Crippen MR) is 140 cm³/mol. The molecule has 5 rings (SSSR count). The highest BCUT2D eigenvalue weighted by atomic mass is 16.5. The quantitative estimate of drug-likeness (QED) is 0.544. The number of hydrogen-bond acceptors (Lipinski definition) is 4. The number of carbonyl (C=O) groups is 1. The molecule has 2 aromatic carbocycles. The summed E-state index contributed by atoms with van der Waals surface area (Å²) in [7, 11) is 3.39. The van der Waals surface area contributed by atoms with Crippen LogP contribution >= 0.6 is 0 Å². The van der Waals surface area contributed by atoms with Crippen LogP contribution in [0.5, 0.6) is 11.5 Å². The van der Waals surface area contributed by atoms with Gasteiger partial charge in [-0.25, -0.2) is 0 Å². The highest BCUT2D eigenvalue weighted by molar-refractivity contribution is 5.92. The van der Waals surface area contributed by atoms with E-state index in [0.717, 1.165) is 55.2 Å². The van der Waals surface area contributed by atoms with Crippen molar-refractivity contribution in [3.05, 3.63) is 65.7 Å². The minimum Gasteiger partial charge on any atom is -0.497 e. The monoisotopic (exact) mass is 474 g/mol. The van der Waals surface area contributed by atoms with Crippen molar-refractivity contribution in [2.24, 2.45) is 11.8 Å². The van der Waals surface area contributed by atoms with Gasteiger partial charge in [0, 0.05) is 30.6 Å². The molecule has 3 unspecified atom stereocenters. The Morgan fingerprint density at radius 1 is 1.06 bits per heavy atom. The molecule has 2 aliphatic carbocycles. The largest absolute Gasteiger partial charge is 0.497 e. The van der Waals surface area contributed by atoms with Gasteiger partial charge >= 0.3 is 0 Å². The average molecular weight is 475 g/mol. The third-order valence-electron chi connectivity index (χ3n) is 8.33. The van der Waals surface area contributed by atoms with Gasteiger partial charge < -0.3 is 19.7 Å². The van der Waals surface area contributed by atoms with E-state index in [9.17, 15) is 4.79 Å². The number of rotatable bonds is 8. The molecule has 3 atom stereocenters. The molecule has 0 spiro atoms. The minimum atomic E-state index is -0.0248. The second-order valence-electron chi connectivity index (χ2n) is 10.6. The van der Waals surface area contributed by atoms with Gasteiger partial charge in [-0.05, 0) is 98.4 Å². The van der Waals surface area contributed by atoms with Gasteiger partial charge in [0.2, 0.25) is 5.91 Å². The van der Waals surface area contributed by atoms with Crippen molar-refractivity contribution in [2.75, 3.05) is 33.9 Å². The summed E-state index contributed by atoms with van der Waals surface area (Å²) >= 11 is 0. The van der Waals surface area contributed by atoms with Gasteiger partial charge in [-0.1, -0.05) is 24.3 Å². The number of nitrogens with zero attached hydrogens (tertiary/aromatic N) is 1. The van der Waals surface area contributed by atoms with Crippen LogP contribution in [-0.4, -0.2) is 50.7 Å². The Morgan fingerprint density at radius 2 is 1.83 bits per heavy atom. The third kappa shape index (κ3) is 5.56. The molecule has 1 aliphatic heterocycles. The molecule has 3 aliphatic rings. The lowest BCUT2D eigenvalue weighted by molar-refractivity contribution is -0.117. The van der Waals surface area contributed by atoms with E-state index in [1.807, 2.05) is 36.4 Å². The van der Waals surface area contributed by atoms with Crippen molar-refractivity contribution in [3.8, 4) is 11.5 Å². The number of methoxy groups -OCH3 is 2. The molecule has 35 heavy (non-hydrogen) atoms. The number of fused-ring (bicyclic) bond motifs is 1. The van der Waals surface area contributed by atoms with Crippen LogP contribution in [0.1, 0.15) is 49.7 Å². The van der Waals surface area contributed by atoms with E-state index in [2.05, 4.69) is 28.4 Å². The Hall–Kier alpha value is -2.79. The Kier molecular flexibility index (Phi) is 7.14. The number of piperidine rings is 1. The fourth-order valence-corrected chi connectivity index (χ4v) is 6.27. The van der Waals surface area contributed by atoms with Crippen molar-refractivity contribution in [1.82, 2.24) is 10.2 Å². The van der Waals surface area contributed by atoms with E-state index in [1.165, 1.54) is 31.5 Å². The molecular weight excluding hydrogens is 436 g/mol. The number of hydrogen-bond donors (Lipinski definition) is 1. The Balaban J connectivity index is 1.31. The smallest absolute Gasteiger partial charge is 0.244 e. The van der Waals surface area contributed by atoms with Crippen molar-refractivity contribution >= 4 is 12.0 Å². The summed E-state index contributed by atoms with van der Waals surface area (Å²) in [6.07, 6.45) is 10.6. The van der Waals surface area contributed by atoms with E-state index in [0.29, 0.717) is 5.92 Å². The van der Waals surface area contributed by atoms with Crippen molar-refractivity contribution in [2.45, 2.75) is 50.0 Å². The maximum atomic E-state index is 12.9. The molecule has 1 N–H and O–H groups in total. The zero-order valence-electron chi connectivity index (χ0n) is 21.0. The molecule has 3 fully saturated rings. The summed E-state index contributed by atoms with van der Waals surface area (Å²) in [5.41, 5.74) is 2.42. The fourth-order valence-electron chi connectivity index (χ4n) is 6.27. The predicted octanol–water partition coefficient (Wildman–Crippen LogP) is 5.06. The number of carbonyl (C=O) groups excluding carboxylic acids is 1. The summed E-state index contributed by atoms with van der Waals surface area (Å²) in [6, 6.07) is 16.6. The van der Waals surface area contributed by atoms with Gasteiger partial charge in [0.05, 0.1) is 14.2 Å². The molecule has 5 nitrogen and oxygen atoms in total. The molecule has 0 bridgehead atoms. The van der Waals surface area contributed by atoms with E-state index in [-0.39, 0.29) is 17.4 Å². The fraction of sp³-hybridized carbons (Fsp3) is 0.500. The number of benzene rings is 2. The van der Waals surface area contributed by atoms with Crippen molar-refractivity contribution in [1.29, 1.82) is 0 Å². The van der Waals surface area contributed by atoms with E-state index < -0.39 is 0 Å². The van der Waals surface area contributed by atoms with Crippen LogP contribution in [0.2, 0.25) is 0 Å². The zero-order chi connectivity index (χ0) is 24.3. The molecule has 2 saturated carbocycles. The second-order valence-corrected chi connectivity index (χ2v) is 10.6. The lowest BCUT2D eigenvalue weighted by atomic mass is 9.58. The average Bonchev–Trinajstić information content (AvgIpc) is 3.71. The summed E-state index contributed by atoms with van der Waals surface area (Å²) in [6.45, 7) is 3.57. The summed E-state index contributed by atoms with van der Waals surface area (Å²) in [5, 5.41) is 3.33. The molecular formula is C30H38N2O3. The van der Waals surface area contributed by atoms with Crippen LogP contribution in [0.3, 0.4) is 0 Å². The van der Waals surface area contributed by atoms with Crippen LogP contribution in [-0.2, 0) is 10.2 Å². The number of amides is 1. The minimum absolute atomic E-state index is 0.0248. The Labute approximate surface area is 209 Å². The Bertz CT molecular complexity index is 1060. The highest BCUT2D eigenvalue weighted by Gasteiger charge is 2.48. The topological polar surface area (TPSA) is 50.8 Å². The van der Waals surface area contributed by atoms with Gasteiger partial charge in [0.15, 0.2) is 0 Å². The molecule has 5 heteroatoms. The molecule has 186 valence electrons. The highest BCUT2D eigenvalue weighted by Crippen LogP contribution is 2.50. The van der Waals surface area contributed by atoms with Crippen LogP contribution < -0.4 is 14.8 Å². The third-order valence-corrected chi connectivity index (χ3v) is 8.33. The normalized spacial score (nSPS) is 26.8. The SMILES string of the molecule is COc1cccc(C=CC(=O)NC2CCC3CN(CC4CC4)CCC3(c3cccc(OC)c3)C2)c1. The first-order chi connectivity index (χ1) is 17.1. The van der Waals surface area contributed by atoms with Crippen LogP contribution in [0.4, 0.5) is 0 Å². The van der Waals surface area contributed by atoms with E-state index in [1.54, 1.807) is 20.3 Å². The van der Waals surface area contributed by atoms with Gasteiger partial charge in [0.25, 0.3) is 0 Å². The summed E-state index contributed by atoms with van der Waals surface area (Å²) in [4.78, 5) is 15.6. The van der Waals surface area contributed by atoms with Gasteiger partial charge in [-0.2, -0.15) is 0 Å². The second kappa shape index (κ2) is 10.4. The van der Waals surface area contributed by atoms with E-state index in [4.69, 9.17) is 9.47 Å². The van der Waals surface area contributed by atoms with Crippen LogP contribution in [0.25, 0.3) is 6.08 Å². The number of likely N-dealkylation sites (tertiary alicyclic amines) is 1. The Morgan fingerprint density at radius 3 is 2.60 bits per heavy atom. The maximum absolute atomic E-state index is 12.9. The van der Waals surface area contributed by atoms with Crippen LogP contribution in [0, 0.1) is 11.8 Å². The lowest BCUT2D eigenvalue weighted by Crippen LogP contribution is -2.56. The maximum Gasteiger partial charge on any atom is 0.244 e. The standard InChI is InChI=1S/C30H38N2O3/c1-34-27-7-3-5-22(17-27)11-14-29(33)31-26-13-12-25-21-32(20-23-9-10-23)16-15-30(25,19-26)24-6-4-8-28(18-24)35-2/h3-8,11,14,17-18,23,25-26H,9-10,12-13,15-16,19-21H2,1-2H3,(H,31,33). The first kappa shape index (κ1) is 23.9. The molecule has 1 amide bonds. The first-order valence-electron chi connectivity index (χ1n) is 13.1. The van der Waals surface area contributed by atoms with Gasteiger partial charge in [-0.15, -0.1) is 0 Å². The van der Waals surface area contributed by atoms with Gasteiger partial charge in [-0.3, -0.25) is 4.79 Å². The molecule has 2 aromatic rings. The van der Waals surface area contributed by atoms with Crippen LogP contribution in [0.15, 0.2) is 54.6 Å². The number of nitrogens with one attached hydrogen (secondary N) is 1. The summed E-state index contributed by atoms with van der Waals surface area (Å²) < 4.78 is 10.9. The first-order valence-corrected chi connectivity index (χ1v) is 13.1. The van der Waals surface area contributed by atoms with Crippen molar-refractivity contribution < 1.29 is 14.3 Å². The van der Waals surface area contributed by atoms with E-state index >= 15 is 0 Å². The lowest BCUT2D eigenvalue weighted by Gasteiger charge is -2.53.